The summed E-state index contributed by atoms with van der Waals surface area (Å²) in [6.45, 7) is 5.87. The van der Waals surface area contributed by atoms with Gasteiger partial charge in [-0.3, -0.25) is 9.78 Å². The Bertz CT molecular complexity index is 1280. The van der Waals surface area contributed by atoms with Crippen molar-refractivity contribution in [2.75, 3.05) is 6.16 Å². The molecule has 6 nitrogen and oxygen atoms in total. The van der Waals surface area contributed by atoms with Gasteiger partial charge in [0, 0.05) is 11.1 Å². The number of aliphatic hydroxyl groups excluding tert-OH is 1. The molecule has 0 fully saturated rings. The number of carbonyl (C=O) groups excluding carboxylic acids is 1. The molecule has 0 aliphatic heterocycles. The van der Waals surface area contributed by atoms with Crippen LogP contribution in [0.4, 0.5) is 4.39 Å². The lowest BCUT2D eigenvalue weighted by atomic mass is 9.89. The number of hydrogen-bond donors (Lipinski definition) is 2. The SMILES string of the molecule is Cc1c(-c2ccccc2)nc(C(C)C)c(C#COC(=O)CC(O)C[P+](=O)O)c1-c1ccc(F)cc1. The molecule has 0 spiro atoms. The van der Waals surface area contributed by atoms with Crippen molar-refractivity contribution in [3.8, 4) is 34.4 Å². The number of ether oxygens (including phenoxy) is 1. The Labute approximate surface area is 204 Å². The number of aromatic nitrogens is 1. The van der Waals surface area contributed by atoms with Crippen molar-refractivity contribution in [2.45, 2.75) is 39.2 Å². The third-order valence-corrected chi connectivity index (χ3v) is 6.04. The average molecular weight is 494 g/mol. The molecule has 1 heterocycles. The summed E-state index contributed by atoms with van der Waals surface area (Å²) in [5.74, 6) is 1.69. The smallest absolute Gasteiger partial charge is 0.388 e. The molecule has 0 aliphatic carbocycles. The summed E-state index contributed by atoms with van der Waals surface area (Å²) in [5, 5.41) is 9.68. The van der Waals surface area contributed by atoms with Crippen LogP contribution < -0.4 is 0 Å². The maximum atomic E-state index is 13.7. The molecule has 35 heavy (non-hydrogen) atoms. The van der Waals surface area contributed by atoms with Gasteiger partial charge in [0.2, 0.25) is 6.16 Å². The third-order valence-electron chi connectivity index (χ3n) is 5.31. The van der Waals surface area contributed by atoms with Crippen LogP contribution in [-0.4, -0.2) is 33.2 Å². The topological polar surface area (TPSA) is 96.7 Å². The van der Waals surface area contributed by atoms with E-state index >= 15 is 0 Å². The summed E-state index contributed by atoms with van der Waals surface area (Å²) in [6, 6.07) is 15.8. The largest absolute Gasteiger partial charge is 0.508 e. The van der Waals surface area contributed by atoms with Gasteiger partial charge in [0.25, 0.3) is 0 Å². The fourth-order valence-electron chi connectivity index (χ4n) is 3.71. The molecule has 0 saturated heterocycles. The zero-order valence-corrected chi connectivity index (χ0v) is 20.6. The number of rotatable bonds is 7. The van der Waals surface area contributed by atoms with Gasteiger partial charge in [-0.15, -0.1) is 0 Å². The van der Waals surface area contributed by atoms with E-state index in [4.69, 9.17) is 14.6 Å². The minimum Gasteiger partial charge on any atom is -0.388 e. The first-order valence-electron chi connectivity index (χ1n) is 11.1. The van der Waals surface area contributed by atoms with Crippen LogP contribution in [0.2, 0.25) is 0 Å². The quantitative estimate of drug-likeness (QED) is 0.262. The summed E-state index contributed by atoms with van der Waals surface area (Å²) in [6.07, 6.45) is 0.227. The van der Waals surface area contributed by atoms with Crippen molar-refractivity contribution in [3.05, 3.63) is 77.2 Å². The van der Waals surface area contributed by atoms with Crippen molar-refractivity contribution in [2.24, 2.45) is 0 Å². The lowest BCUT2D eigenvalue weighted by Gasteiger charge is -2.19. The maximum absolute atomic E-state index is 13.7. The summed E-state index contributed by atoms with van der Waals surface area (Å²) < 4.78 is 29.5. The van der Waals surface area contributed by atoms with E-state index in [9.17, 15) is 18.9 Å². The van der Waals surface area contributed by atoms with Crippen LogP contribution in [0.3, 0.4) is 0 Å². The van der Waals surface area contributed by atoms with Gasteiger partial charge < -0.3 is 9.84 Å². The number of hydrogen-bond acceptors (Lipinski definition) is 5. The summed E-state index contributed by atoms with van der Waals surface area (Å²) in [5.41, 5.74) is 5.27. The fourth-order valence-corrected chi connectivity index (χ4v) is 4.19. The first kappa shape index (κ1) is 26.2. The normalized spacial score (nSPS) is 12.0. The minimum atomic E-state index is -2.57. The molecule has 1 aromatic heterocycles. The number of nitrogens with zero attached hydrogens (tertiary/aromatic N) is 1. The summed E-state index contributed by atoms with van der Waals surface area (Å²) in [7, 11) is -2.57. The average Bonchev–Trinajstić information content (AvgIpc) is 2.80. The fraction of sp³-hybridized carbons (Fsp3) is 0.259. The van der Waals surface area contributed by atoms with Gasteiger partial charge in [-0.05, 0) is 46.6 Å². The second kappa shape index (κ2) is 11.8. The van der Waals surface area contributed by atoms with E-state index in [1.165, 1.54) is 12.1 Å². The molecule has 0 bridgehead atoms. The zero-order chi connectivity index (χ0) is 25.5. The van der Waals surface area contributed by atoms with E-state index in [-0.39, 0.29) is 11.7 Å². The highest BCUT2D eigenvalue weighted by molar-refractivity contribution is 7.38. The van der Waals surface area contributed by atoms with E-state index in [0.29, 0.717) is 11.3 Å². The Morgan fingerprint density at radius 3 is 2.37 bits per heavy atom. The highest BCUT2D eigenvalue weighted by atomic mass is 31.1. The predicted molar refractivity (Wildman–Crippen MR) is 132 cm³/mol. The third kappa shape index (κ3) is 6.80. The van der Waals surface area contributed by atoms with E-state index < -0.39 is 32.7 Å². The number of pyridine rings is 1. The molecule has 2 aromatic carbocycles. The lowest BCUT2D eigenvalue weighted by Crippen LogP contribution is -2.16. The van der Waals surface area contributed by atoms with Crippen molar-refractivity contribution < 1.29 is 28.5 Å². The molecule has 8 heteroatoms. The molecule has 0 saturated carbocycles. The number of aliphatic hydroxyl groups is 1. The minimum absolute atomic E-state index is 0.0278. The van der Waals surface area contributed by atoms with Crippen molar-refractivity contribution in [3.63, 3.8) is 0 Å². The van der Waals surface area contributed by atoms with E-state index in [2.05, 4.69) is 12.0 Å². The second-order valence-electron chi connectivity index (χ2n) is 8.34. The molecule has 2 unspecified atom stereocenters. The van der Waals surface area contributed by atoms with Crippen molar-refractivity contribution in [1.29, 1.82) is 0 Å². The number of benzene rings is 2. The lowest BCUT2D eigenvalue weighted by molar-refractivity contribution is -0.138. The standard InChI is InChI=1S/C27H25FNO5P/c1-17(2)26-23(13-14-34-24(31)15-22(30)16-35(32)33)25(19-9-11-21(28)12-10-19)18(3)27(29-26)20-7-5-4-6-8-20/h4-12,17,22,30H,15-16H2,1-3H3/p+1. The molecule has 2 N–H and O–H groups in total. The Morgan fingerprint density at radius 1 is 1.11 bits per heavy atom. The van der Waals surface area contributed by atoms with Crippen LogP contribution in [0, 0.1) is 24.8 Å². The van der Waals surface area contributed by atoms with Gasteiger partial charge in [-0.25, -0.2) is 4.39 Å². The second-order valence-corrected chi connectivity index (χ2v) is 9.41. The van der Waals surface area contributed by atoms with Gasteiger partial charge in [-0.1, -0.05) is 56.3 Å². The Balaban J connectivity index is 2.10. The Morgan fingerprint density at radius 2 is 1.77 bits per heavy atom. The van der Waals surface area contributed by atoms with E-state index in [0.717, 1.165) is 27.9 Å². The van der Waals surface area contributed by atoms with Gasteiger partial charge in [0.1, 0.15) is 18.0 Å². The molecule has 0 amide bonds. The van der Waals surface area contributed by atoms with E-state index in [1.807, 2.05) is 51.1 Å². The van der Waals surface area contributed by atoms with Gasteiger partial charge in [0.05, 0.1) is 23.4 Å². The zero-order valence-electron chi connectivity index (χ0n) is 19.7. The molecule has 2 atom stereocenters. The highest BCUT2D eigenvalue weighted by Gasteiger charge is 2.23. The number of halogens is 1. The van der Waals surface area contributed by atoms with Crippen molar-refractivity contribution in [1.82, 2.24) is 4.98 Å². The van der Waals surface area contributed by atoms with Crippen LogP contribution in [0.25, 0.3) is 22.4 Å². The molecule has 3 rings (SSSR count). The van der Waals surface area contributed by atoms with E-state index in [1.54, 1.807) is 12.1 Å². The monoisotopic (exact) mass is 494 g/mol. The highest BCUT2D eigenvalue weighted by Crippen LogP contribution is 2.37. The molecular weight excluding hydrogens is 468 g/mol. The Kier molecular flexibility index (Phi) is 8.84. The number of esters is 1. The predicted octanol–water partition coefficient (Wildman–Crippen LogP) is 5.32. The molecular formula is C27H26FNO5P+. The van der Waals surface area contributed by atoms with Crippen LogP contribution in [0.1, 0.15) is 43.0 Å². The van der Waals surface area contributed by atoms with Gasteiger partial charge >= 0.3 is 14.0 Å². The summed E-state index contributed by atoms with van der Waals surface area (Å²) in [4.78, 5) is 25.8. The summed E-state index contributed by atoms with van der Waals surface area (Å²) >= 11 is 0. The molecule has 180 valence electrons. The van der Waals surface area contributed by atoms with Gasteiger partial charge in [-0.2, -0.15) is 4.89 Å². The van der Waals surface area contributed by atoms with Crippen LogP contribution in [0.15, 0.2) is 54.6 Å². The van der Waals surface area contributed by atoms with Gasteiger partial charge in [0.15, 0.2) is 0 Å². The van der Waals surface area contributed by atoms with Crippen LogP contribution >= 0.6 is 8.03 Å². The molecule has 3 aromatic rings. The maximum Gasteiger partial charge on any atom is 0.508 e. The molecule has 0 aliphatic rings. The first-order chi connectivity index (χ1) is 16.7. The Hall–Kier alpha value is -3.43. The number of carbonyl (C=O) groups is 1. The first-order valence-corrected chi connectivity index (χ1v) is 12.4. The van der Waals surface area contributed by atoms with Crippen LogP contribution in [0.5, 0.6) is 0 Å². The molecule has 0 radical (unpaired) electrons. The van der Waals surface area contributed by atoms with Crippen LogP contribution in [-0.2, 0) is 14.1 Å². The van der Waals surface area contributed by atoms with Crippen molar-refractivity contribution >= 4 is 14.0 Å².